The topological polar surface area (TPSA) is 113 Å². The molecular weight excluding hydrogens is 418 g/mol. The van der Waals surface area contributed by atoms with Crippen molar-refractivity contribution in [1.29, 1.82) is 0 Å². The summed E-state index contributed by atoms with van der Waals surface area (Å²) in [5, 5.41) is 15.8. The molecule has 4 rings (SSSR count). The van der Waals surface area contributed by atoms with Crippen LogP contribution in [-0.2, 0) is 9.59 Å². The minimum atomic E-state index is -1.04. The third-order valence-corrected chi connectivity index (χ3v) is 6.67. The summed E-state index contributed by atoms with van der Waals surface area (Å²) in [6.45, 7) is 5.22. The van der Waals surface area contributed by atoms with Crippen LogP contribution in [0.1, 0.15) is 30.0 Å². The molecule has 2 fully saturated rings. The number of benzene rings is 1. The lowest BCUT2D eigenvalue weighted by molar-refractivity contribution is -0.159. The Kier molecular flexibility index (Phi) is 5.40. The van der Waals surface area contributed by atoms with Gasteiger partial charge in [-0.2, -0.15) is 0 Å². The number of hydrogen-bond donors (Lipinski definition) is 2. The highest BCUT2D eigenvalue weighted by Crippen LogP contribution is 2.50. The fourth-order valence-electron chi connectivity index (χ4n) is 3.79. The molecule has 0 unspecified atom stereocenters. The highest BCUT2D eigenvalue weighted by Gasteiger charge is 2.64. The van der Waals surface area contributed by atoms with E-state index in [1.807, 2.05) is 30.3 Å². The molecule has 2 aliphatic heterocycles. The summed E-state index contributed by atoms with van der Waals surface area (Å²) in [6, 6.07) is 7.46. The van der Waals surface area contributed by atoms with Gasteiger partial charge in [0.05, 0.1) is 0 Å². The number of rotatable bonds is 4. The van der Waals surface area contributed by atoms with E-state index in [4.69, 9.17) is 4.52 Å². The lowest BCUT2D eigenvalue weighted by Gasteiger charge is -2.43. The van der Waals surface area contributed by atoms with E-state index >= 15 is 0 Å². The fourth-order valence-corrected chi connectivity index (χ4v) is 5.42. The average Bonchev–Trinajstić information content (AvgIpc) is 3.15. The van der Waals surface area contributed by atoms with Crippen molar-refractivity contribution in [2.24, 2.45) is 0 Å². The van der Waals surface area contributed by atoms with Gasteiger partial charge in [0.2, 0.25) is 5.91 Å². The predicted octanol–water partition coefficient (Wildman–Crippen LogP) is 2.32. The number of thioether (sulfide) groups is 1. The molecule has 0 spiro atoms. The van der Waals surface area contributed by atoms with Gasteiger partial charge in [-0.05, 0) is 20.8 Å². The zero-order valence-electron chi connectivity index (χ0n) is 15.9. The molecule has 29 heavy (non-hydrogen) atoms. The first-order valence-corrected chi connectivity index (χ1v) is 9.65. The van der Waals surface area contributed by atoms with Gasteiger partial charge >= 0.3 is 5.97 Å². The maximum atomic E-state index is 12.9. The highest BCUT2D eigenvalue weighted by atomic mass is 35.5. The molecule has 10 heteroatoms. The van der Waals surface area contributed by atoms with Crippen molar-refractivity contribution in [3.8, 4) is 11.3 Å². The van der Waals surface area contributed by atoms with E-state index in [-0.39, 0.29) is 23.9 Å². The van der Waals surface area contributed by atoms with E-state index in [9.17, 15) is 19.5 Å². The first-order chi connectivity index (χ1) is 13.2. The van der Waals surface area contributed by atoms with E-state index < -0.39 is 34.1 Å². The zero-order chi connectivity index (χ0) is 20.2. The molecule has 0 bridgehead atoms. The van der Waals surface area contributed by atoms with E-state index in [1.165, 1.54) is 16.7 Å². The smallest absolute Gasteiger partial charge is 0.327 e. The number of aryl methyl sites for hydroxylation is 1. The number of halogens is 1. The van der Waals surface area contributed by atoms with Gasteiger partial charge in [-0.1, -0.05) is 35.5 Å². The third-order valence-electron chi connectivity index (χ3n) is 5.10. The maximum absolute atomic E-state index is 12.9. The van der Waals surface area contributed by atoms with Gasteiger partial charge in [0, 0.05) is 10.3 Å². The molecule has 0 aliphatic carbocycles. The minimum absolute atomic E-state index is 0. The Hall–Kier alpha value is -2.52. The molecule has 1 aromatic carbocycles. The third kappa shape index (κ3) is 3.28. The number of aliphatic carboxylic acids is 1. The Morgan fingerprint density at radius 1 is 1.28 bits per heavy atom. The Morgan fingerprint density at radius 3 is 2.55 bits per heavy atom. The van der Waals surface area contributed by atoms with Gasteiger partial charge in [-0.25, -0.2) is 4.79 Å². The van der Waals surface area contributed by atoms with E-state index in [0.29, 0.717) is 11.5 Å². The van der Waals surface area contributed by atoms with Gasteiger partial charge in [-0.15, -0.1) is 24.2 Å². The second kappa shape index (κ2) is 7.38. The quantitative estimate of drug-likeness (QED) is 0.705. The van der Waals surface area contributed by atoms with Crippen molar-refractivity contribution in [2.75, 3.05) is 0 Å². The molecule has 0 radical (unpaired) electrons. The average molecular weight is 438 g/mol. The van der Waals surface area contributed by atoms with Crippen LogP contribution in [0.3, 0.4) is 0 Å². The second-order valence-electron chi connectivity index (χ2n) is 7.38. The predicted molar refractivity (Wildman–Crippen MR) is 109 cm³/mol. The molecule has 2 N–H and O–H groups in total. The van der Waals surface area contributed by atoms with E-state index in [0.717, 1.165) is 5.56 Å². The molecule has 154 valence electrons. The molecule has 3 heterocycles. The number of nitrogens with zero attached hydrogens (tertiary/aromatic N) is 2. The Bertz CT molecular complexity index is 977. The number of nitrogens with one attached hydrogen (secondary N) is 1. The summed E-state index contributed by atoms with van der Waals surface area (Å²) >= 11 is 1.38. The number of carboxylic acid groups (broad SMARTS) is 1. The molecular formula is C19H20ClN3O5S. The van der Waals surface area contributed by atoms with Crippen LogP contribution in [0.2, 0.25) is 0 Å². The highest BCUT2D eigenvalue weighted by molar-refractivity contribution is 8.01. The van der Waals surface area contributed by atoms with Gasteiger partial charge in [0.15, 0.2) is 0 Å². The summed E-state index contributed by atoms with van der Waals surface area (Å²) in [4.78, 5) is 38.5. The number of aromatic nitrogens is 1. The summed E-state index contributed by atoms with van der Waals surface area (Å²) in [5.74, 6) is -1.55. The molecule has 2 aliphatic rings. The first kappa shape index (κ1) is 21.2. The van der Waals surface area contributed by atoms with Crippen molar-refractivity contribution in [1.82, 2.24) is 15.4 Å². The molecule has 2 saturated heterocycles. The first-order valence-electron chi connectivity index (χ1n) is 8.77. The van der Waals surface area contributed by atoms with Crippen LogP contribution in [0.4, 0.5) is 0 Å². The van der Waals surface area contributed by atoms with Crippen molar-refractivity contribution in [2.45, 2.75) is 43.0 Å². The summed E-state index contributed by atoms with van der Waals surface area (Å²) < 4.78 is 4.57. The SMILES string of the molecule is Cc1onc(-c2ccccc2)c1C(=O)N[C@@H]1C(=O)N2[C@@H]1SC(C)(C)[C@@H]2C(=O)O.Cl. The number of carbonyl (C=O) groups is 3. The standard InChI is InChI=1S/C19H19N3O5S.ClH/c1-9-11(12(21-27-9)10-7-5-4-6-8-10)15(23)20-13-16(24)22-14(18(25)26)19(2,3)28-17(13)22;/h4-8,13-14,17H,1-3H3,(H,20,23)(H,25,26);1H/t13-,14+,17-;/m1./s1. The maximum Gasteiger partial charge on any atom is 0.327 e. The van der Waals surface area contributed by atoms with Crippen LogP contribution in [-0.4, -0.2) is 55.2 Å². The number of carbonyl (C=O) groups excluding carboxylic acids is 2. The van der Waals surface area contributed by atoms with Gasteiger partial charge in [-0.3, -0.25) is 9.59 Å². The Balaban J connectivity index is 0.00000240. The van der Waals surface area contributed by atoms with Crippen LogP contribution in [0.25, 0.3) is 11.3 Å². The zero-order valence-corrected chi connectivity index (χ0v) is 17.5. The van der Waals surface area contributed by atoms with Crippen LogP contribution < -0.4 is 5.32 Å². The normalized spacial score (nSPS) is 24.3. The molecule has 1 aromatic heterocycles. The van der Waals surface area contributed by atoms with Gasteiger partial charge < -0.3 is 19.8 Å². The molecule has 8 nitrogen and oxygen atoms in total. The van der Waals surface area contributed by atoms with Crippen molar-refractivity contribution >= 4 is 42.0 Å². The summed E-state index contributed by atoms with van der Waals surface area (Å²) in [5.41, 5.74) is 1.41. The van der Waals surface area contributed by atoms with Crippen LogP contribution >= 0.6 is 24.2 Å². The Labute approximate surface area is 177 Å². The lowest BCUT2D eigenvalue weighted by atomic mass is 9.95. The lowest BCUT2D eigenvalue weighted by Crippen LogP contribution is -2.70. The minimum Gasteiger partial charge on any atom is -0.480 e. The largest absolute Gasteiger partial charge is 0.480 e. The number of hydrogen-bond acceptors (Lipinski definition) is 6. The molecule has 2 amide bonds. The number of β-lactam (4-membered cyclic amide) rings is 1. The molecule has 0 saturated carbocycles. The van der Waals surface area contributed by atoms with Crippen LogP contribution in [0.15, 0.2) is 34.9 Å². The monoisotopic (exact) mass is 437 g/mol. The van der Waals surface area contributed by atoms with E-state index in [2.05, 4.69) is 10.5 Å². The summed E-state index contributed by atoms with van der Waals surface area (Å²) in [7, 11) is 0. The van der Waals surface area contributed by atoms with Crippen LogP contribution in [0, 0.1) is 6.92 Å². The molecule has 3 atom stereocenters. The molecule has 2 aromatic rings. The number of fused-ring (bicyclic) bond motifs is 1. The van der Waals surface area contributed by atoms with Crippen molar-refractivity contribution in [3.05, 3.63) is 41.7 Å². The van der Waals surface area contributed by atoms with Crippen molar-refractivity contribution < 1.29 is 24.0 Å². The van der Waals surface area contributed by atoms with Gasteiger partial charge in [0.25, 0.3) is 5.91 Å². The van der Waals surface area contributed by atoms with E-state index in [1.54, 1.807) is 20.8 Å². The number of amides is 2. The Morgan fingerprint density at radius 2 is 1.93 bits per heavy atom. The summed E-state index contributed by atoms with van der Waals surface area (Å²) in [6.07, 6.45) is 0. The van der Waals surface area contributed by atoms with Gasteiger partial charge in [0.1, 0.15) is 34.5 Å². The number of carboxylic acids is 1. The van der Waals surface area contributed by atoms with Crippen molar-refractivity contribution in [3.63, 3.8) is 0 Å². The fraction of sp³-hybridized carbons (Fsp3) is 0.368. The second-order valence-corrected chi connectivity index (χ2v) is 9.15. The van der Waals surface area contributed by atoms with Crippen LogP contribution in [0.5, 0.6) is 0 Å².